The Morgan fingerprint density at radius 1 is 1.10 bits per heavy atom. The fourth-order valence-electron chi connectivity index (χ4n) is 1.87. The van der Waals surface area contributed by atoms with Crippen molar-refractivity contribution in [3.8, 4) is 0 Å². The molecule has 0 unspecified atom stereocenters. The zero-order valence-electron chi connectivity index (χ0n) is 10.5. The van der Waals surface area contributed by atoms with E-state index in [0.29, 0.717) is 10.9 Å². The molecule has 20 heavy (non-hydrogen) atoms. The second kappa shape index (κ2) is 5.07. The monoisotopic (exact) mass is 288 g/mol. The quantitative estimate of drug-likeness (QED) is 0.799. The van der Waals surface area contributed by atoms with Crippen molar-refractivity contribution < 1.29 is 12.9 Å². The molecule has 0 amide bonds. The van der Waals surface area contributed by atoms with Crippen LogP contribution in [0.25, 0.3) is 10.9 Å². The van der Waals surface area contributed by atoms with E-state index in [0.717, 1.165) is 5.56 Å². The number of fused-ring (bicyclic) bond motifs is 1. The first kappa shape index (κ1) is 12.8. The topological polar surface area (TPSA) is 72.2 Å². The van der Waals surface area contributed by atoms with Crippen molar-refractivity contribution in [3.05, 3.63) is 60.4 Å². The van der Waals surface area contributed by atoms with Crippen molar-refractivity contribution in [3.63, 3.8) is 0 Å². The molecule has 3 aromatic rings. The van der Waals surface area contributed by atoms with Crippen LogP contribution in [0.3, 0.4) is 0 Å². The number of hydrogen-bond acceptors (Lipinski definition) is 4. The van der Waals surface area contributed by atoms with Gasteiger partial charge in [0, 0.05) is 11.9 Å². The molecule has 0 radical (unpaired) electrons. The summed E-state index contributed by atoms with van der Waals surface area (Å²) in [4.78, 5) is 0.198. The smallest absolute Gasteiger partial charge is 0.240 e. The van der Waals surface area contributed by atoms with Crippen LogP contribution in [-0.2, 0) is 16.6 Å². The van der Waals surface area contributed by atoms with Crippen LogP contribution >= 0.6 is 0 Å². The van der Waals surface area contributed by atoms with Crippen molar-refractivity contribution in [2.45, 2.75) is 11.4 Å². The van der Waals surface area contributed by atoms with E-state index in [2.05, 4.69) is 9.88 Å². The summed E-state index contributed by atoms with van der Waals surface area (Å²) >= 11 is 0. The van der Waals surface area contributed by atoms with E-state index in [1.165, 1.54) is 12.3 Å². The van der Waals surface area contributed by atoms with Gasteiger partial charge in [0.1, 0.15) is 11.8 Å². The molecule has 1 aromatic heterocycles. The molecule has 2 aromatic carbocycles. The molecule has 0 aliphatic rings. The van der Waals surface area contributed by atoms with Gasteiger partial charge in [0.15, 0.2) is 0 Å². The highest BCUT2D eigenvalue weighted by molar-refractivity contribution is 7.89. The summed E-state index contributed by atoms with van der Waals surface area (Å²) in [7, 11) is -3.55. The largest absolute Gasteiger partial charge is 0.364 e. The van der Waals surface area contributed by atoms with Gasteiger partial charge < -0.3 is 4.52 Å². The average Bonchev–Trinajstić information content (AvgIpc) is 2.94. The summed E-state index contributed by atoms with van der Waals surface area (Å²) in [5.74, 6) is 0. The van der Waals surface area contributed by atoms with Crippen LogP contribution in [0.15, 0.2) is 64.2 Å². The minimum absolute atomic E-state index is 0.198. The second-order valence-electron chi connectivity index (χ2n) is 4.35. The molecule has 1 N–H and O–H groups in total. The Hall–Kier alpha value is -2.18. The van der Waals surface area contributed by atoms with Gasteiger partial charge >= 0.3 is 0 Å². The first-order valence-corrected chi connectivity index (χ1v) is 7.51. The van der Waals surface area contributed by atoms with E-state index in [9.17, 15) is 8.42 Å². The lowest BCUT2D eigenvalue weighted by atomic mass is 10.2. The Bertz CT molecular complexity index is 826. The predicted octanol–water partition coefficient (Wildman–Crippen LogP) is 2.31. The van der Waals surface area contributed by atoms with Gasteiger partial charge in [-0.05, 0) is 23.8 Å². The number of sulfonamides is 1. The fourth-order valence-corrected chi connectivity index (χ4v) is 2.93. The first-order valence-electron chi connectivity index (χ1n) is 6.03. The summed E-state index contributed by atoms with van der Waals surface area (Å²) in [6, 6.07) is 14.0. The average molecular weight is 288 g/mol. The lowest BCUT2D eigenvalue weighted by Crippen LogP contribution is -2.23. The highest BCUT2D eigenvalue weighted by atomic mass is 32.2. The van der Waals surface area contributed by atoms with E-state index in [-0.39, 0.29) is 11.4 Å². The van der Waals surface area contributed by atoms with Gasteiger partial charge in [-0.25, -0.2) is 13.1 Å². The van der Waals surface area contributed by atoms with Gasteiger partial charge in [-0.1, -0.05) is 35.5 Å². The molecule has 1 heterocycles. The van der Waals surface area contributed by atoms with E-state index in [4.69, 9.17) is 4.52 Å². The van der Waals surface area contributed by atoms with Gasteiger partial charge in [-0.3, -0.25) is 0 Å². The van der Waals surface area contributed by atoms with Crippen LogP contribution in [0.5, 0.6) is 0 Å². The molecule has 0 aliphatic carbocycles. The van der Waals surface area contributed by atoms with Crippen LogP contribution in [0.1, 0.15) is 5.56 Å². The van der Waals surface area contributed by atoms with Gasteiger partial charge in [0.25, 0.3) is 0 Å². The molecular weight excluding hydrogens is 276 g/mol. The number of hydrogen-bond donors (Lipinski definition) is 1. The first-order chi connectivity index (χ1) is 9.65. The molecule has 0 saturated carbocycles. The Kier molecular flexibility index (Phi) is 3.25. The van der Waals surface area contributed by atoms with E-state index in [1.54, 1.807) is 12.1 Å². The maximum atomic E-state index is 12.2. The highest BCUT2D eigenvalue weighted by Crippen LogP contribution is 2.18. The van der Waals surface area contributed by atoms with E-state index in [1.807, 2.05) is 30.3 Å². The van der Waals surface area contributed by atoms with Crippen molar-refractivity contribution in [2.24, 2.45) is 0 Å². The molecule has 102 valence electrons. The predicted molar refractivity (Wildman–Crippen MR) is 74.5 cm³/mol. The zero-order chi connectivity index (χ0) is 14.0. The summed E-state index contributed by atoms with van der Waals surface area (Å²) in [6.45, 7) is 0.255. The Balaban J connectivity index is 1.84. The number of rotatable bonds is 4. The summed E-state index contributed by atoms with van der Waals surface area (Å²) in [5.41, 5.74) is 1.54. The van der Waals surface area contributed by atoms with Gasteiger partial charge in [-0.15, -0.1) is 0 Å². The fraction of sp³-hybridized carbons (Fsp3) is 0.0714. The summed E-state index contributed by atoms with van der Waals surface area (Å²) in [6.07, 6.45) is 1.42. The third kappa shape index (κ3) is 2.56. The van der Waals surface area contributed by atoms with E-state index < -0.39 is 10.0 Å². The second-order valence-corrected chi connectivity index (χ2v) is 6.11. The normalized spacial score (nSPS) is 11.8. The molecule has 0 fully saturated rings. The molecule has 6 heteroatoms. The summed E-state index contributed by atoms with van der Waals surface area (Å²) < 4.78 is 31.8. The Labute approximate surface area is 116 Å². The van der Waals surface area contributed by atoms with Gasteiger partial charge in [-0.2, -0.15) is 0 Å². The Morgan fingerprint density at radius 2 is 1.90 bits per heavy atom. The van der Waals surface area contributed by atoms with Crippen LogP contribution in [0.4, 0.5) is 0 Å². The molecule has 5 nitrogen and oxygen atoms in total. The molecule has 0 aliphatic heterocycles. The number of benzene rings is 2. The highest BCUT2D eigenvalue weighted by Gasteiger charge is 2.14. The molecule has 0 atom stereocenters. The Morgan fingerprint density at radius 3 is 2.70 bits per heavy atom. The van der Waals surface area contributed by atoms with Crippen molar-refractivity contribution in [2.75, 3.05) is 0 Å². The van der Waals surface area contributed by atoms with E-state index >= 15 is 0 Å². The minimum atomic E-state index is -3.55. The molecule has 3 rings (SSSR count). The minimum Gasteiger partial charge on any atom is -0.364 e. The lowest BCUT2D eigenvalue weighted by Gasteiger charge is -2.06. The molecule has 0 bridgehead atoms. The van der Waals surface area contributed by atoms with Crippen LogP contribution in [0.2, 0.25) is 0 Å². The number of nitrogens with one attached hydrogen (secondary N) is 1. The summed E-state index contributed by atoms with van der Waals surface area (Å²) in [5, 5.41) is 4.41. The van der Waals surface area contributed by atoms with Crippen molar-refractivity contribution >= 4 is 20.9 Å². The third-order valence-corrected chi connectivity index (χ3v) is 4.35. The number of aromatic nitrogens is 1. The van der Waals surface area contributed by atoms with Crippen LogP contribution in [-0.4, -0.2) is 13.6 Å². The molecule has 0 saturated heterocycles. The van der Waals surface area contributed by atoms with Crippen molar-refractivity contribution in [1.29, 1.82) is 0 Å². The van der Waals surface area contributed by atoms with Gasteiger partial charge in [0.05, 0.1) is 4.90 Å². The third-order valence-electron chi connectivity index (χ3n) is 2.95. The van der Waals surface area contributed by atoms with Crippen molar-refractivity contribution in [1.82, 2.24) is 9.88 Å². The van der Waals surface area contributed by atoms with Gasteiger partial charge in [0.2, 0.25) is 10.0 Å². The lowest BCUT2D eigenvalue weighted by molar-refractivity contribution is 0.428. The maximum Gasteiger partial charge on any atom is 0.240 e. The van der Waals surface area contributed by atoms with Crippen LogP contribution < -0.4 is 4.72 Å². The zero-order valence-corrected chi connectivity index (χ0v) is 11.3. The number of nitrogens with zero attached hydrogens (tertiary/aromatic N) is 1. The maximum absolute atomic E-state index is 12.2. The SMILES string of the molecule is O=S(=O)(NCc1ccccc1)c1ccc2nocc2c1. The van der Waals surface area contributed by atoms with Crippen LogP contribution in [0, 0.1) is 0 Å². The molecule has 0 spiro atoms. The standard InChI is InChI=1S/C14H12N2O3S/c17-20(18,15-9-11-4-2-1-3-5-11)13-6-7-14-12(8-13)10-19-16-14/h1-8,10,15H,9H2. The molecular formula is C14H12N2O3S.